The van der Waals surface area contributed by atoms with Gasteiger partial charge in [-0.25, -0.2) is 0 Å². The fraction of sp³-hybridized carbons (Fsp3) is 1.00. The van der Waals surface area contributed by atoms with E-state index in [2.05, 4.69) is 15.9 Å². The summed E-state index contributed by atoms with van der Waals surface area (Å²) in [6.07, 6.45) is -3.80. The average molecular weight is 231 g/mol. The van der Waals surface area contributed by atoms with Gasteiger partial charge in [0.25, 0.3) is 0 Å². The number of halogens is 4. The fourth-order valence-electron chi connectivity index (χ4n) is 0.420. The standard InChI is InChI=1S/C5H8BrF3.Mg.2H/c6-4-2-1-3-5(7,8)9;;;/h1-4H2;;;/q;+2;2*-1. The molecule has 0 aliphatic rings. The SMILES string of the molecule is FC(F)(F)CCCCBr.[H-].[H-].[Mg+2]. The van der Waals surface area contributed by atoms with Gasteiger partial charge in [-0.1, -0.05) is 15.9 Å². The summed E-state index contributed by atoms with van der Waals surface area (Å²) in [5.41, 5.74) is 0. The summed E-state index contributed by atoms with van der Waals surface area (Å²) in [7, 11) is 0. The van der Waals surface area contributed by atoms with Gasteiger partial charge in [0.1, 0.15) is 0 Å². The predicted octanol–water partition coefficient (Wildman–Crippen LogP) is 2.96. The summed E-state index contributed by atoms with van der Waals surface area (Å²) in [5.74, 6) is 0. The molecule has 0 unspecified atom stereocenters. The van der Waals surface area contributed by atoms with Crippen molar-refractivity contribution in [2.24, 2.45) is 0 Å². The normalized spacial score (nSPS) is 10.8. The van der Waals surface area contributed by atoms with Crippen LogP contribution in [0.1, 0.15) is 22.1 Å². The molecule has 0 saturated heterocycles. The van der Waals surface area contributed by atoms with Gasteiger partial charge in [-0.15, -0.1) is 0 Å². The van der Waals surface area contributed by atoms with Crippen LogP contribution in [0, 0.1) is 0 Å². The van der Waals surface area contributed by atoms with Crippen LogP contribution in [0.2, 0.25) is 0 Å². The molecule has 0 heterocycles. The van der Waals surface area contributed by atoms with Crippen molar-refractivity contribution in [1.29, 1.82) is 0 Å². The Morgan fingerprint density at radius 3 is 2.00 bits per heavy atom. The minimum Gasteiger partial charge on any atom is -1.00 e. The summed E-state index contributed by atoms with van der Waals surface area (Å²) in [6.45, 7) is 0. The second-order valence-electron chi connectivity index (χ2n) is 1.76. The van der Waals surface area contributed by atoms with Gasteiger partial charge in [-0.05, 0) is 12.8 Å². The third kappa shape index (κ3) is 11.8. The molecule has 0 aliphatic carbocycles. The Balaban J connectivity index is -0.000000107. The van der Waals surface area contributed by atoms with Gasteiger partial charge in [0.05, 0.1) is 0 Å². The van der Waals surface area contributed by atoms with Gasteiger partial charge in [-0.3, -0.25) is 0 Å². The van der Waals surface area contributed by atoms with E-state index in [0.717, 1.165) is 0 Å². The van der Waals surface area contributed by atoms with Crippen molar-refractivity contribution in [3.8, 4) is 0 Å². The van der Waals surface area contributed by atoms with Crippen LogP contribution in [0.3, 0.4) is 0 Å². The van der Waals surface area contributed by atoms with Gasteiger partial charge >= 0.3 is 29.2 Å². The molecule has 0 aromatic rings. The summed E-state index contributed by atoms with van der Waals surface area (Å²) in [6, 6.07) is 0. The Morgan fingerprint density at radius 1 is 1.20 bits per heavy atom. The van der Waals surface area contributed by atoms with Crippen molar-refractivity contribution in [2.75, 3.05) is 5.33 Å². The van der Waals surface area contributed by atoms with Gasteiger partial charge in [0.15, 0.2) is 0 Å². The molecule has 10 heavy (non-hydrogen) atoms. The monoisotopic (exact) mass is 230 g/mol. The van der Waals surface area contributed by atoms with E-state index in [4.69, 9.17) is 0 Å². The maximum atomic E-state index is 11.4. The smallest absolute Gasteiger partial charge is 1.00 e. The quantitative estimate of drug-likeness (QED) is 0.398. The molecule has 0 rings (SSSR count). The van der Waals surface area contributed by atoms with Crippen LogP contribution in [0.25, 0.3) is 0 Å². The van der Waals surface area contributed by atoms with E-state index < -0.39 is 12.6 Å². The van der Waals surface area contributed by atoms with E-state index in [0.29, 0.717) is 11.8 Å². The van der Waals surface area contributed by atoms with Crippen LogP contribution in [0.5, 0.6) is 0 Å². The molecule has 60 valence electrons. The maximum absolute atomic E-state index is 11.4. The first-order chi connectivity index (χ1) is 4.06. The first-order valence-electron chi connectivity index (χ1n) is 2.69. The molecule has 0 amide bonds. The zero-order valence-electron chi connectivity index (χ0n) is 7.55. The van der Waals surface area contributed by atoms with E-state index in [1.54, 1.807) is 0 Å². The van der Waals surface area contributed by atoms with Crippen LogP contribution in [0.4, 0.5) is 13.2 Å². The van der Waals surface area contributed by atoms with Crippen LogP contribution in [0.15, 0.2) is 0 Å². The Bertz CT molecular complexity index is 81.6. The molecule has 0 nitrogen and oxygen atoms in total. The van der Waals surface area contributed by atoms with Gasteiger partial charge in [0, 0.05) is 11.8 Å². The Labute approximate surface area is 85.8 Å². The van der Waals surface area contributed by atoms with E-state index in [1.165, 1.54) is 0 Å². The number of hydrogen-bond acceptors (Lipinski definition) is 0. The molecule has 0 atom stereocenters. The summed E-state index contributed by atoms with van der Waals surface area (Å²) < 4.78 is 34.1. The van der Waals surface area contributed by atoms with Gasteiger partial charge in [0.2, 0.25) is 0 Å². The summed E-state index contributed by atoms with van der Waals surface area (Å²) in [4.78, 5) is 0. The first kappa shape index (κ1) is 13.6. The minimum atomic E-state index is -3.97. The first-order valence-corrected chi connectivity index (χ1v) is 3.81. The van der Waals surface area contributed by atoms with Crippen molar-refractivity contribution < 1.29 is 16.0 Å². The van der Waals surface area contributed by atoms with Crippen LogP contribution >= 0.6 is 15.9 Å². The Hall–Kier alpha value is 1.04. The zero-order valence-corrected chi connectivity index (χ0v) is 8.55. The zero-order chi connectivity index (χ0) is 7.33. The van der Waals surface area contributed by atoms with Gasteiger partial charge < -0.3 is 2.85 Å². The van der Waals surface area contributed by atoms with Crippen molar-refractivity contribution in [3.05, 3.63) is 0 Å². The predicted molar refractivity (Wildman–Crippen MR) is 41.7 cm³/mol. The van der Waals surface area contributed by atoms with Crippen molar-refractivity contribution in [1.82, 2.24) is 0 Å². The number of alkyl halides is 4. The van der Waals surface area contributed by atoms with E-state index in [-0.39, 0.29) is 32.3 Å². The molecule has 0 aliphatic heterocycles. The van der Waals surface area contributed by atoms with Crippen LogP contribution in [-0.2, 0) is 0 Å². The third-order valence-electron chi connectivity index (χ3n) is 0.844. The molecule has 0 spiro atoms. The number of hydrogen-bond donors (Lipinski definition) is 0. The topological polar surface area (TPSA) is 0 Å². The summed E-state index contributed by atoms with van der Waals surface area (Å²) in [5, 5.41) is 0.656. The largest absolute Gasteiger partial charge is 2.00 e. The second-order valence-corrected chi connectivity index (χ2v) is 2.55. The number of rotatable bonds is 3. The molecule has 0 saturated carbocycles. The Kier molecular flexibility index (Phi) is 9.16. The second kappa shape index (κ2) is 6.73. The molecule has 0 aromatic carbocycles. The van der Waals surface area contributed by atoms with Crippen LogP contribution < -0.4 is 0 Å². The van der Waals surface area contributed by atoms with E-state index >= 15 is 0 Å². The van der Waals surface area contributed by atoms with Crippen molar-refractivity contribution in [3.63, 3.8) is 0 Å². The third-order valence-corrected chi connectivity index (χ3v) is 1.40. The average Bonchev–Trinajstić information content (AvgIpc) is 1.63. The molecule has 0 aromatic heterocycles. The maximum Gasteiger partial charge on any atom is 2.00 e. The Morgan fingerprint density at radius 2 is 1.70 bits per heavy atom. The van der Waals surface area contributed by atoms with Gasteiger partial charge in [-0.2, -0.15) is 13.2 Å². The molecular weight excluding hydrogens is 221 g/mol. The van der Waals surface area contributed by atoms with Crippen LogP contribution in [-0.4, -0.2) is 34.6 Å². The number of unbranched alkanes of at least 4 members (excludes halogenated alkanes) is 1. The molecule has 0 radical (unpaired) electrons. The molecule has 0 fully saturated rings. The van der Waals surface area contributed by atoms with Crippen molar-refractivity contribution >= 4 is 39.0 Å². The molecule has 0 bridgehead atoms. The van der Waals surface area contributed by atoms with Crippen molar-refractivity contribution in [2.45, 2.75) is 25.4 Å². The fourth-order valence-corrected chi connectivity index (χ4v) is 0.816. The van der Waals surface area contributed by atoms with E-state index in [9.17, 15) is 13.2 Å². The molecule has 0 N–H and O–H groups in total. The minimum absolute atomic E-state index is 0. The summed E-state index contributed by atoms with van der Waals surface area (Å²) >= 11 is 3.05. The molecule has 5 heteroatoms. The van der Waals surface area contributed by atoms with E-state index in [1.807, 2.05) is 0 Å². The molecular formula is C5H10BrF3Mg.